The molecule has 0 fully saturated rings. The molecule has 0 radical (unpaired) electrons. The number of thioether (sulfide) groups is 1. The molecule has 1 aromatic heterocycles. The highest BCUT2D eigenvalue weighted by molar-refractivity contribution is 7.99. The van der Waals surface area contributed by atoms with Gasteiger partial charge in [0.05, 0.1) is 22.9 Å². The average Bonchev–Trinajstić information content (AvgIpc) is 3.20. The first-order valence-electron chi connectivity index (χ1n) is 10.2. The lowest BCUT2D eigenvalue weighted by molar-refractivity contribution is -0.137. The second-order valence-corrected chi connectivity index (χ2v) is 8.12. The number of amides is 2. The second kappa shape index (κ2) is 10.7. The highest BCUT2D eigenvalue weighted by atomic mass is 32.2. The number of alkyl halides is 3. The number of halogens is 4. The van der Waals surface area contributed by atoms with Gasteiger partial charge >= 0.3 is 6.18 Å². The van der Waals surface area contributed by atoms with E-state index in [1.165, 1.54) is 30.3 Å². The van der Waals surface area contributed by atoms with Gasteiger partial charge in [0.2, 0.25) is 5.91 Å². The van der Waals surface area contributed by atoms with Crippen molar-refractivity contribution < 1.29 is 27.2 Å². The van der Waals surface area contributed by atoms with Crippen LogP contribution in [0.4, 0.5) is 23.2 Å². The lowest BCUT2D eigenvalue weighted by Gasteiger charge is -2.15. The third kappa shape index (κ3) is 6.13. The molecule has 3 rings (SSSR count). The first-order valence-corrected chi connectivity index (χ1v) is 11.2. The molecule has 34 heavy (non-hydrogen) atoms. The van der Waals surface area contributed by atoms with Gasteiger partial charge in [0, 0.05) is 12.2 Å². The smallest absolute Gasteiger partial charge is 0.342 e. The van der Waals surface area contributed by atoms with Crippen LogP contribution in [0.25, 0.3) is 0 Å². The van der Waals surface area contributed by atoms with Crippen LogP contribution in [0.3, 0.4) is 0 Å². The number of hydrogen-bond acceptors (Lipinski definition) is 5. The van der Waals surface area contributed by atoms with E-state index in [-0.39, 0.29) is 17.0 Å². The Morgan fingerprint density at radius 3 is 2.53 bits per heavy atom. The van der Waals surface area contributed by atoms with Gasteiger partial charge in [0.25, 0.3) is 5.91 Å². The number of rotatable bonds is 8. The summed E-state index contributed by atoms with van der Waals surface area (Å²) < 4.78 is 54.1. The maximum Gasteiger partial charge on any atom is 0.416 e. The maximum atomic E-state index is 13.9. The van der Waals surface area contributed by atoms with E-state index in [2.05, 4.69) is 20.8 Å². The van der Waals surface area contributed by atoms with Crippen molar-refractivity contribution in [2.45, 2.75) is 37.8 Å². The number of nitrogens with zero attached hydrogens (tertiary/aromatic N) is 3. The normalized spacial score (nSPS) is 12.3. The van der Waals surface area contributed by atoms with Gasteiger partial charge in [-0.2, -0.15) is 13.2 Å². The van der Waals surface area contributed by atoms with Crippen molar-refractivity contribution in [3.8, 4) is 0 Å². The summed E-state index contributed by atoms with van der Waals surface area (Å²) in [5, 5.41) is 13.6. The minimum absolute atomic E-state index is 0.0301. The van der Waals surface area contributed by atoms with Crippen LogP contribution in [0.5, 0.6) is 0 Å². The molecule has 0 unspecified atom stereocenters. The van der Waals surface area contributed by atoms with Gasteiger partial charge in [-0.15, -0.1) is 10.2 Å². The van der Waals surface area contributed by atoms with Crippen LogP contribution in [0.2, 0.25) is 0 Å². The van der Waals surface area contributed by atoms with Gasteiger partial charge < -0.3 is 15.2 Å². The molecule has 7 nitrogen and oxygen atoms in total. The molecule has 0 aliphatic rings. The van der Waals surface area contributed by atoms with Crippen molar-refractivity contribution in [3.63, 3.8) is 0 Å². The van der Waals surface area contributed by atoms with Crippen LogP contribution in [-0.2, 0) is 17.5 Å². The van der Waals surface area contributed by atoms with Crippen LogP contribution >= 0.6 is 11.8 Å². The summed E-state index contributed by atoms with van der Waals surface area (Å²) in [6, 6.07) is 9.34. The minimum atomic E-state index is -4.51. The summed E-state index contributed by atoms with van der Waals surface area (Å²) in [5.41, 5.74) is -0.930. The highest BCUT2D eigenvalue weighted by Crippen LogP contribution is 2.30. The molecule has 12 heteroatoms. The number of carbonyl (C=O) groups excluding carboxylic acids is 2. The lowest BCUT2D eigenvalue weighted by atomic mass is 10.2. The summed E-state index contributed by atoms with van der Waals surface area (Å²) in [7, 11) is 0. The van der Waals surface area contributed by atoms with E-state index in [1.54, 1.807) is 17.6 Å². The van der Waals surface area contributed by atoms with Crippen LogP contribution < -0.4 is 10.6 Å². The molecule has 3 aromatic rings. The predicted molar refractivity (Wildman–Crippen MR) is 119 cm³/mol. The van der Waals surface area contributed by atoms with Gasteiger partial charge in [-0.3, -0.25) is 9.59 Å². The van der Waals surface area contributed by atoms with Crippen molar-refractivity contribution in [2.24, 2.45) is 0 Å². The van der Waals surface area contributed by atoms with Gasteiger partial charge in [0.15, 0.2) is 11.0 Å². The van der Waals surface area contributed by atoms with Crippen LogP contribution in [-0.4, -0.2) is 32.3 Å². The van der Waals surface area contributed by atoms with Crippen molar-refractivity contribution in [2.75, 3.05) is 11.1 Å². The lowest BCUT2D eigenvalue weighted by Crippen LogP contribution is -2.29. The summed E-state index contributed by atoms with van der Waals surface area (Å²) in [4.78, 5) is 24.7. The van der Waals surface area contributed by atoms with Crippen LogP contribution in [0.1, 0.15) is 41.6 Å². The van der Waals surface area contributed by atoms with E-state index < -0.39 is 35.4 Å². The predicted octanol–water partition coefficient (Wildman–Crippen LogP) is 4.68. The summed E-state index contributed by atoms with van der Waals surface area (Å²) in [6.07, 6.45) is -4.51. The molecule has 1 heterocycles. The number of benzene rings is 2. The van der Waals surface area contributed by atoms with Crippen molar-refractivity contribution in [1.82, 2.24) is 20.1 Å². The Bertz CT molecular complexity index is 1180. The zero-order valence-corrected chi connectivity index (χ0v) is 19.0. The summed E-state index contributed by atoms with van der Waals surface area (Å²) in [5.74, 6) is -1.48. The van der Waals surface area contributed by atoms with E-state index in [0.29, 0.717) is 17.5 Å². The Labute approximate surface area is 197 Å². The third-order valence-corrected chi connectivity index (χ3v) is 5.69. The van der Waals surface area contributed by atoms with Crippen molar-refractivity contribution in [1.29, 1.82) is 0 Å². The molecule has 2 aromatic carbocycles. The number of carbonyl (C=O) groups is 2. The highest BCUT2D eigenvalue weighted by Gasteiger charge is 2.30. The Hall–Kier alpha value is -3.41. The Morgan fingerprint density at radius 2 is 1.85 bits per heavy atom. The molecule has 2 amide bonds. The fourth-order valence-electron chi connectivity index (χ4n) is 3.11. The average molecular weight is 496 g/mol. The molecule has 0 saturated carbocycles. The Balaban J connectivity index is 1.63. The second-order valence-electron chi connectivity index (χ2n) is 7.18. The van der Waals surface area contributed by atoms with Gasteiger partial charge in [-0.05, 0) is 44.2 Å². The Kier molecular flexibility index (Phi) is 7.92. The summed E-state index contributed by atoms with van der Waals surface area (Å²) in [6.45, 7) is 3.93. The fourth-order valence-corrected chi connectivity index (χ4v) is 3.92. The maximum absolute atomic E-state index is 13.9. The molecule has 1 atom stereocenters. The van der Waals surface area contributed by atoms with Gasteiger partial charge in [0.1, 0.15) is 5.82 Å². The van der Waals surface area contributed by atoms with Gasteiger partial charge in [-0.1, -0.05) is 30.0 Å². The van der Waals surface area contributed by atoms with Crippen LogP contribution in [0.15, 0.2) is 53.7 Å². The molecule has 0 bridgehead atoms. The zero-order valence-electron chi connectivity index (χ0n) is 18.2. The van der Waals surface area contributed by atoms with Crippen molar-refractivity contribution in [3.05, 3.63) is 71.3 Å². The molecular weight excluding hydrogens is 474 g/mol. The molecule has 0 aliphatic carbocycles. The third-order valence-electron chi connectivity index (χ3n) is 4.72. The number of anilines is 1. The first-order chi connectivity index (χ1) is 16.1. The Morgan fingerprint density at radius 1 is 1.12 bits per heavy atom. The quantitative estimate of drug-likeness (QED) is 0.350. The first kappa shape index (κ1) is 25.2. The standard InChI is InChI=1S/C22H21F4N5O2S/c1-3-31-19(13(2)27-20(33)16-9-4-5-10-17(16)23)29-30-21(31)34-12-18(32)28-15-8-6-7-14(11-15)22(24,25)26/h4-11,13H,3,12H2,1-2H3,(H,27,33)(H,28,32)/t13-/m0/s1. The molecular formula is C22H21F4N5O2S. The zero-order chi connectivity index (χ0) is 24.9. The monoisotopic (exact) mass is 495 g/mol. The number of hydrogen-bond donors (Lipinski definition) is 2. The van der Waals surface area contributed by atoms with E-state index in [9.17, 15) is 27.2 Å². The largest absolute Gasteiger partial charge is 0.416 e. The summed E-state index contributed by atoms with van der Waals surface area (Å²) >= 11 is 1.05. The van der Waals surface area contributed by atoms with Crippen molar-refractivity contribution >= 4 is 29.3 Å². The van der Waals surface area contributed by atoms with E-state index in [1.807, 2.05) is 6.92 Å². The van der Waals surface area contributed by atoms with Gasteiger partial charge in [-0.25, -0.2) is 4.39 Å². The van der Waals surface area contributed by atoms with E-state index >= 15 is 0 Å². The number of nitrogens with one attached hydrogen (secondary N) is 2. The minimum Gasteiger partial charge on any atom is -0.342 e. The van der Waals surface area contributed by atoms with E-state index in [0.717, 1.165) is 23.9 Å². The van der Waals surface area contributed by atoms with Crippen LogP contribution in [0, 0.1) is 5.82 Å². The fraction of sp³-hybridized carbons (Fsp3) is 0.273. The number of aromatic nitrogens is 3. The SMILES string of the molecule is CCn1c(SCC(=O)Nc2cccc(C(F)(F)F)c2)nnc1[C@H](C)NC(=O)c1ccccc1F. The molecule has 0 saturated heterocycles. The van der Waals surface area contributed by atoms with E-state index in [4.69, 9.17) is 0 Å². The topological polar surface area (TPSA) is 88.9 Å². The molecule has 2 N–H and O–H groups in total. The molecule has 180 valence electrons. The molecule has 0 spiro atoms. The molecule has 0 aliphatic heterocycles.